The molecule has 0 aliphatic rings. The Labute approximate surface area is 146 Å². The Kier molecular flexibility index (Phi) is 6.28. The first-order valence-electron chi connectivity index (χ1n) is 7.79. The standard InChI is InChI=1S/C18H23BrN2O2/c1-14(2)21-13-15(19)12-17(21)18(22)20(3)10-7-11-23-16-8-5-4-6-9-16/h4-6,8-9,12-14H,7,10-11H2,1-3H3. The van der Waals surface area contributed by atoms with Crippen LogP contribution < -0.4 is 4.74 Å². The Morgan fingerprint density at radius 2 is 2.00 bits per heavy atom. The molecule has 0 N–H and O–H groups in total. The molecular formula is C18H23BrN2O2. The van der Waals surface area contributed by atoms with E-state index in [0.29, 0.717) is 18.8 Å². The third-order valence-electron chi connectivity index (χ3n) is 3.59. The van der Waals surface area contributed by atoms with Gasteiger partial charge in [0.05, 0.1) is 6.61 Å². The predicted octanol–water partition coefficient (Wildman–Crippen LogP) is 4.37. The van der Waals surface area contributed by atoms with Crippen molar-refractivity contribution < 1.29 is 9.53 Å². The topological polar surface area (TPSA) is 34.5 Å². The number of para-hydroxylation sites is 1. The van der Waals surface area contributed by atoms with Gasteiger partial charge in [-0.25, -0.2) is 0 Å². The lowest BCUT2D eigenvalue weighted by atomic mass is 10.3. The van der Waals surface area contributed by atoms with Crippen LogP contribution in [-0.2, 0) is 0 Å². The maximum atomic E-state index is 12.6. The molecule has 0 fully saturated rings. The number of benzene rings is 1. The highest BCUT2D eigenvalue weighted by molar-refractivity contribution is 9.10. The van der Waals surface area contributed by atoms with Gasteiger partial charge in [0.25, 0.3) is 5.91 Å². The Hall–Kier alpha value is -1.75. The van der Waals surface area contributed by atoms with Gasteiger partial charge in [0, 0.05) is 30.3 Å². The highest BCUT2D eigenvalue weighted by atomic mass is 79.9. The van der Waals surface area contributed by atoms with E-state index in [1.807, 2.05) is 54.2 Å². The summed E-state index contributed by atoms with van der Waals surface area (Å²) in [5.74, 6) is 0.892. The molecule has 0 saturated carbocycles. The van der Waals surface area contributed by atoms with E-state index >= 15 is 0 Å². The molecule has 4 nitrogen and oxygen atoms in total. The summed E-state index contributed by atoms with van der Waals surface area (Å²) < 4.78 is 8.57. The first-order valence-corrected chi connectivity index (χ1v) is 8.59. The van der Waals surface area contributed by atoms with Crippen LogP contribution in [0.25, 0.3) is 0 Å². The Balaban J connectivity index is 1.86. The SMILES string of the molecule is CC(C)n1cc(Br)cc1C(=O)N(C)CCCOc1ccccc1. The van der Waals surface area contributed by atoms with Crippen molar-refractivity contribution in [3.63, 3.8) is 0 Å². The average molecular weight is 379 g/mol. The van der Waals surface area contributed by atoms with Gasteiger partial charge in [-0.2, -0.15) is 0 Å². The molecule has 0 radical (unpaired) electrons. The Morgan fingerprint density at radius 1 is 1.30 bits per heavy atom. The molecule has 0 aliphatic carbocycles. The smallest absolute Gasteiger partial charge is 0.270 e. The van der Waals surface area contributed by atoms with E-state index in [2.05, 4.69) is 29.8 Å². The molecule has 2 rings (SSSR count). The van der Waals surface area contributed by atoms with Crippen LogP contribution in [0, 0.1) is 0 Å². The lowest BCUT2D eigenvalue weighted by Gasteiger charge is -2.20. The molecular weight excluding hydrogens is 356 g/mol. The minimum Gasteiger partial charge on any atom is -0.494 e. The van der Waals surface area contributed by atoms with Gasteiger partial charge in [-0.15, -0.1) is 0 Å². The molecule has 2 aromatic rings. The first-order chi connectivity index (χ1) is 11.0. The van der Waals surface area contributed by atoms with E-state index in [1.54, 1.807) is 4.90 Å². The molecule has 124 valence electrons. The van der Waals surface area contributed by atoms with Crippen LogP contribution in [-0.4, -0.2) is 35.6 Å². The number of hydrogen-bond donors (Lipinski definition) is 0. The van der Waals surface area contributed by atoms with Crippen molar-refractivity contribution in [1.82, 2.24) is 9.47 Å². The fourth-order valence-electron chi connectivity index (χ4n) is 2.35. The summed E-state index contributed by atoms with van der Waals surface area (Å²) in [7, 11) is 1.83. The summed E-state index contributed by atoms with van der Waals surface area (Å²) in [5, 5.41) is 0. The van der Waals surface area contributed by atoms with E-state index in [9.17, 15) is 4.79 Å². The fraction of sp³-hybridized carbons (Fsp3) is 0.389. The van der Waals surface area contributed by atoms with Crippen molar-refractivity contribution in [2.24, 2.45) is 0 Å². The molecule has 5 heteroatoms. The summed E-state index contributed by atoms with van der Waals surface area (Å²) in [6.45, 7) is 5.39. The minimum atomic E-state index is 0.0316. The number of amides is 1. The zero-order valence-corrected chi connectivity index (χ0v) is 15.4. The van der Waals surface area contributed by atoms with E-state index in [-0.39, 0.29) is 11.9 Å². The molecule has 1 aromatic heterocycles. The van der Waals surface area contributed by atoms with Crippen molar-refractivity contribution >= 4 is 21.8 Å². The number of hydrogen-bond acceptors (Lipinski definition) is 2. The molecule has 0 aliphatic heterocycles. The number of carbonyl (C=O) groups is 1. The quantitative estimate of drug-likeness (QED) is 0.670. The second kappa shape index (κ2) is 8.20. The molecule has 1 heterocycles. The van der Waals surface area contributed by atoms with Crippen LogP contribution >= 0.6 is 15.9 Å². The van der Waals surface area contributed by atoms with Gasteiger partial charge in [0.15, 0.2) is 0 Å². The number of carbonyl (C=O) groups excluding carboxylic acids is 1. The van der Waals surface area contributed by atoms with Crippen molar-refractivity contribution in [3.05, 3.63) is 52.8 Å². The van der Waals surface area contributed by atoms with Gasteiger partial charge in [0.2, 0.25) is 0 Å². The van der Waals surface area contributed by atoms with Crippen molar-refractivity contribution in [1.29, 1.82) is 0 Å². The highest BCUT2D eigenvalue weighted by Gasteiger charge is 2.18. The van der Waals surface area contributed by atoms with Crippen molar-refractivity contribution in [3.8, 4) is 5.75 Å². The van der Waals surface area contributed by atoms with Gasteiger partial charge in [-0.3, -0.25) is 4.79 Å². The lowest BCUT2D eigenvalue weighted by molar-refractivity contribution is 0.0775. The van der Waals surface area contributed by atoms with Gasteiger partial charge in [-0.05, 0) is 54.4 Å². The second-order valence-electron chi connectivity index (χ2n) is 5.79. The molecule has 1 aromatic carbocycles. The monoisotopic (exact) mass is 378 g/mol. The number of rotatable bonds is 7. The third kappa shape index (κ3) is 4.86. The molecule has 1 amide bonds. The summed E-state index contributed by atoms with van der Waals surface area (Å²) in [4.78, 5) is 14.3. The molecule has 0 atom stereocenters. The van der Waals surface area contributed by atoms with Crippen LogP contribution in [0.4, 0.5) is 0 Å². The third-order valence-corrected chi connectivity index (χ3v) is 4.02. The predicted molar refractivity (Wildman–Crippen MR) is 96.0 cm³/mol. The van der Waals surface area contributed by atoms with Crippen LogP contribution in [0.5, 0.6) is 5.75 Å². The largest absolute Gasteiger partial charge is 0.494 e. The van der Waals surface area contributed by atoms with E-state index in [0.717, 1.165) is 16.6 Å². The normalized spacial score (nSPS) is 10.8. The summed E-state index contributed by atoms with van der Waals surface area (Å²) in [6, 6.07) is 11.8. The molecule has 0 spiro atoms. The van der Waals surface area contributed by atoms with Crippen LogP contribution in [0.3, 0.4) is 0 Å². The first kappa shape index (κ1) is 17.6. The molecule has 0 bridgehead atoms. The second-order valence-corrected chi connectivity index (χ2v) is 6.70. The van der Waals surface area contributed by atoms with E-state index < -0.39 is 0 Å². The summed E-state index contributed by atoms with van der Waals surface area (Å²) in [6.07, 6.45) is 2.74. The molecule has 0 saturated heterocycles. The fourth-order valence-corrected chi connectivity index (χ4v) is 2.79. The zero-order chi connectivity index (χ0) is 16.8. The molecule has 0 unspecified atom stereocenters. The van der Waals surface area contributed by atoms with Crippen LogP contribution in [0.15, 0.2) is 47.1 Å². The summed E-state index contributed by atoms with van der Waals surface area (Å²) in [5.41, 5.74) is 0.707. The zero-order valence-electron chi connectivity index (χ0n) is 13.8. The Morgan fingerprint density at radius 3 is 2.65 bits per heavy atom. The number of halogens is 1. The number of ether oxygens (including phenoxy) is 1. The highest BCUT2D eigenvalue weighted by Crippen LogP contribution is 2.20. The van der Waals surface area contributed by atoms with E-state index in [1.165, 1.54) is 0 Å². The molecule has 23 heavy (non-hydrogen) atoms. The van der Waals surface area contributed by atoms with E-state index in [4.69, 9.17) is 4.74 Å². The van der Waals surface area contributed by atoms with Gasteiger partial charge in [-0.1, -0.05) is 18.2 Å². The average Bonchev–Trinajstić information content (AvgIpc) is 2.94. The van der Waals surface area contributed by atoms with Gasteiger partial charge < -0.3 is 14.2 Å². The van der Waals surface area contributed by atoms with Gasteiger partial charge in [0.1, 0.15) is 11.4 Å². The lowest BCUT2D eigenvalue weighted by Crippen LogP contribution is -2.30. The summed E-state index contributed by atoms with van der Waals surface area (Å²) >= 11 is 3.45. The maximum absolute atomic E-state index is 12.6. The number of aromatic nitrogens is 1. The Bertz CT molecular complexity index is 638. The van der Waals surface area contributed by atoms with Crippen LogP contribution in [0.1, 0.15) is 36.8 Å². The van der Waals surface area contributed by atoms with Crippen molar-refractivity contribution in [2.75, 3.05) is 20.2 Å². The van der Waals surface area contributed by atoms with Crippen LogP contribution in [0.2, 0.25) is 0 Å². The number of nitrogens with zero attached hydrogens (tertiary/aromatic N) is 2. The maximum Gasteiger partial charge on any atom is 0.270 e. The minimum absolute atomic E-state index is 0.0316. The van der Waals surface area contributed by atoms with Gasteiger partial charge >= 0.3 is 0 Å². The van der Waals surface area contributed by atoms with Crippen molar-refractivity contribution in [2.45, 2.75) is 26.3 Å².